The van der Waals surface area contributed by atoms with Gasteiger partial charge in [0.05, 0.1) is 0 Å². The molecule has 3 heteroatoms. The van der Waals surface area contributed by atoms with Crippen molar-refractivity contribution >= 4 is 11.5 Å². The average Bonchev–Trinajstić information content (AvgIpc) is 2.44. The van der Waals surface area contributed by atoms with Gasteiger partial charge in [-0.25, -0.2) is 0 Å². The van der Waals surface area contributed by atoms with Crippen molar-refractivity contribution in [1.29, 1.82) is 0 Å². The number of carbonyl (C=O) groups excluding carboxylic acids is 1. The predicted octanol–water partition coefficient (Wildman–Crippen LogP) is 2.63. The number of ketones is 1. The molecule has 0 unspecified atom stereocenters. The van der Waals surface area contributed by atoms with Gasteiger partial charge in [-0.2, -0.15) is 0 Å². The molecule has 0 atom stereocenters. The van der Waals surface area contributed by atoms with Crippen molar-refractivity contribution in [2.75, 3.05) is 12.3 Å². The lowest BCUT2D eigenvalue weighted by molar-refractivity contribution is 0.0982. The van der Waals surface area contributed by atoms with E-state index in [4.69, 9.17) is 5.73 Å². The highest BCUT2D eigenvalue weighted by Crippen LogP contribution is 2.08. The molecule has 0 aliphatic heterocycles. The third-order valence-electron chi connectivity index (χ3n) is 2.91. The van der Waals surface area contributed by atoms with Crippen LogP contribution in [0.15, 0.2) is 54.6 Å². The van der Waals surface area contributed by atoms with Crippen LogP contribution in [0.5, 0.6) is 0 Å². The smallest absolute Gasteiger partial charge is 0.164 e. The van der Waals surface area contributed by atoms with Gasteiger partial charge in [0.15, 0.2) is 5.78 Å². The molecule has 2 rings (SSSR count). The molecule has 0 saturated heterocycles. The molecule has 0 aliphatic carbocycles. The molecule has 19 heavy (non-hydrogen) atoms. The van der Waals surface area contributed by atoms with E-state index in [1.54, 1.807) is 24.3 Å². The largest absolute Gasteiger partial charge is 0.399 e. The van der Waals surface area contributed by atoms with Gasteiger partial charge in [-0.1, -0.05) is 42.5 Å². The van der Waals surface area contributed by atoms with Crippen LogP contribution in [0.4, 0.5) is 5.69 Å². The van der Waals surface area contributed by atoms with E-state index in [-0.39, 0.29) is 5.78 Å². The van der Waals surface area contributed by atoms with Crippen molar-refractivity contribution < 1.29 is 4.79 Å². The topological polar surface area (TPSA) is 55.1 Å². The van der Waals surface area contributed by atoms with E-state index in [9.17, 15) is 4.79 Å². The van der Waals surface area contributed by atoms with E-state index in [1.165, 1.54) is 5.56 Å². The zero-order valence-corrected chi connectivity index (χ0v) is 10.8. The number of hydrogen-bond donors (Lipinski definition) is 2. The number of nitrogen functional groups attached to an aromatic ring is 1. The molecule has 0 radical (unpaired) electrons. The molecule has 2 aromatic carbocycles. The number of Topliss-reactive ketones (excluding diaryl/α,β-unsaturated/α-hetero) is 1. The minimum atomic E-state index is 0.118. The molecular formula is C16H18N2O. The SMILES string of the molecule is Nc1cccc(C(=O)CCNCc2ccccc2)c1. The van der Waals surface area contributed by atoms with Gasteiger partial charge in [-0.3, -0.25) is 4.79 Å². The first-order valence-electron chi connectivity index (χ1n) is 6.39. The highest BCUT2D eigenvalue weighted by atomic mass is 16.1. The number of benzene rings is 2. The summed E-state index contributed by atoms with van der Waals surface area (Å²) in [5, 5.41) is 3.26. The first kappa shape index (κ1) is 13.3. The van der Waals surface area contributed by atoms with Gasteiger partial charge in [0.25, 0.3) is 0 Å². The van der Waals surface area contributed by atoms with Crippen LogP contribution in [-0.4, -0.2) is 12.3 Å². The predicted molar refractivity (Wildman–Crippen MR) is 78.0 cm³/mol. The first-order valence-corrected chi connectivity index (χ1v) is 6.39. The summed E-state index contributed by atoms with van der Waals surface area (Å²) in [6.07, 6.45) is 0.482. The van der Waals surface area contributed by atoms with Gasteiger partial charge in [0.1, 0.15) is 0 Å². The van der Waals surface area contributed by atoms with E-state index < -0.39 is 0 Å². The quantitative estimate of drug-likeness (QED) is 0.473. The second kappa shape index (κ2) is 6.71. The molecule has 0 aromatic heterocycles. The van der Waals surface area contributed by atoms with Gasteiger partial charge >= 0.3 is 0 Å². The number of carbonyl (C=O) groups is 1. The Bertz CT molecular complexity index is 537. The van der Waals surface area contributed by atoms with Gasteiger partial charge in [-0.15, -0.1) is 0 Å². The number of hydrogen-bond acceptors (Lipinski definition) is 3. The van der Waals surface area contributed by atoms with Crippen molar-refractivity contribution in [2.45, 2.75) is 13.0 Å². The van der Waals surface area contributed by atoms with Crippen LogP contribution in [-0.2, 0) is 6.54 Å². The maximum Gasteiger partial charge on any atom is 0.164 e. The van der Waals surface area contributed by atoms with Gasteiger partial charge in [-0.05, 0) is 17.7 Å². The molecule has 0 amide bonds. The summed E-state index contributed by atoms with van der Waals surface area (Å²) in [6.45, 7) is 1.45. The van der Waals surface area contributed by atoms with Crippen LogP contribution < -0.4 is 11.1 Å². The molecule has 3 N–H and O–H groups in total. The second-order valence-electron chi connectivity index (χ2n) is 4.46. The summed E-state index contributed by atoms with van der Waals surface area (Å²) in [5.41, 5.74) is 8.19. The van der Waals surface area contributed by atoms with Crippen LogP contribution in [0.25, 0.3) is 0 Å². The molecule has 0 saturated carbocycles. The molecule has 0 fully saturated rings. The molecule has 2 aromatic rings. The lowest BCUT2D eigenvalue weighted by Crippen LogP contribution is -2.17. The fourth-order valence-corrected chi connectivity index (χ4v) is 1.89. The number of nitrogens with one attached hydrogen (secondary N) is 1. The van der Waals surface area contributed by atoms with Gasteiger partial charge in [0.2, 0.25) is 0 Å². The molecule has 98 valence electrons. The van der Waals surface area contributed by atoms with Crippen LogP contribution >= 0.6 is 0 Å². The normalized spacial score (nSPS) is 10.3. The zero-order chi connectivity index (χ0) is 13.5. The Morgan fingerprint density at radius 3 is 2.58 bits per heavy atom. The third kappa shape index (κ3) is 4.23. The second-order valence-corrected chi connectivity index (χ2v) is 4.46. The Labute approximate surface area is 113 Å². The standard InChI is InChI=1S/C16H18N2O/c17-15-8-4-7-14(11-15)16(19)9-10-18-12-13-5-2-1-3-6-13/h1-8,11,18H,9-10,12,17H2. The third-order valence-corrected chi connectivity index (χ3v) is 2.91. The van der Waals surface area contributed by atoms with Crippen molar-refractivity contribution in [3.63, 3.8) is 0 Å². The summed E-state index contributed by atoms with van der Waals surface area (Å²) in [5.74, 6) is 0.118. The monoisotopic (exact) mass is 254 g/mol. The highest BCUT2D eigenvalue weighted by Gasteiger charge is 2.05. The van der Waals surface area contributed by atoms with Crippen LogP contribution in [0.1, 0.15) is 22.3 Å². The molecule has 0 spiro atoms. The number of rotatable bonds is 6. The van der Waals surface area contributed by atoms with E-state index in [0.717, 1.165) is 6.54 Å². The van der Waals surface area contributed by atoms with Crippen LogP contribution in [0, 0.1) is 0 Å². The summed E-state index contributed by atoms with van der Waals surface area (Å²) in [4.78, 5) is 11.9. The maximum atomic E-state index is 11.9. The Hall–Kier alpha value is -2.13. The number of anilines is 1. The van der Waals surface area contributed by atoms with Crippen molar-refractivity contribution in [1.82, 2.24) is 5.32 Å². The van der Waals surface area contributed by atoms with Crippen molar-refractivity contribution in [3.8, 4) is 0 Å². The fourth-order valence-electron chi connectivity index (χ4n) is 1.89. The fraction of sp³-hybridized carbons (Fsp3) is 0.188. The summed E-state index contributed by atoms with van der Waals surface area (Å²) in [6, 6.07) is 17.2. The Morgan fingerprint density at radius 1 is 1.05 bits per heavy atom. The number of nitrogens with two attached hydrogens (primary N) is 1. The Kier molecular flexibility index (Phi) is 4.70. The van der Waals surface area contributed by atoms with E-state index in [2.05, 4.69) is 17.4 Å². The molecule has 0 bridgehead atoms. The minimum absolute atomic E-state index is 0.118. The molecule has 3 nitrogen and oxygen atoms in total. The minimum Gasteiger partial charge on any atom is -0.399 e. The summed E-state index contributed by atoms with van der Waals surface area (Å²) >= 11 is 0. The molecule has 0 aliphatic rings. The van der Waals surface area contributed by atoms with E-state index in [0.29, 0.717) is 24.2 Å². The summed E-state index contributed by atoms with van der Waals surface area (Å²) < 4.78 is 0. The Balaban J connectivity index is 1.75. The van der Waals surface area contributed by atoms with Crippen LogP contribution in [0.2, 0.25) is 0 Å². The first-order chi connectivity index (χ1) is 9.25. The van der Waals surface area contributed by atoms with E-state index >= 15 is 0 Å². The van der Waals surface area contributed by atoms with Gasteiger partial charge < -0.3 is 11.1 Å². The van der Waals surface area contributed by atoms with Crippen molar-refractivity contribution in [2.24, 2.45) is 0 Å². The Morgan fingerprint density at radius 2 is 1.84 bits per heavy atom. The lowest BCUT2D eigenvalue weighted by atomic mass is 10.1. The van der Waals surface area contributed by atoms with Gasteiger partial charge in [0, 0.05) is 30.8 Å². The molecular weight excluding hydrogens is 236 g/mol. The molecule has 0 heterocycles. The highest BCUT2D eigenvalue weighted by molar-refractivity contribution is 5.96. The maximum absolute atomic E-state index is 11.9. The lowest BCUT2D eigenvalue weighted by Gasteiger charge is -2.05. The zero-order valence-electron chi connectivity index (χ0n) is 10.8. The van der Waals surface area contributed by atoms with E-state index in [1.807, 2.05) is 18.2 Å². The van der Waals surface area contributed by atoms with Crippen molar-refractivity contribution in [3.05, 3.63) is 65.7 Å². The summed E-state index contributed by atoms with van der Waals surface area (Å²) in [7, 11) is 0. The van der Waals surface area contributed by atoms with Crippen LogP contribution in [0.3, 0.4) is 0 Å². The average molecular weight is 254 g/mol.